The third kappa shape index (κ3) is 3.90. The van der Waals surface area contributed by atoms with Gasteiger partial charge in [0.2, 0.25) is 11.8 Å². The molecular weight excluding hydrogens is 348 g/mol. The molecule has 1 saturated carbocycles. The summed E-state index contributed by atoms with van der Waals surface area (Å²) in [6, 6.07) is 11.3. The number of rotatable bonds is 6. The van der Waals surface area contributed by atoms with Gasteiger partial charge in [0, 0.05) is 24.1 Å². The van der Waals surface area contributed by atoms with Gasteiger partial charge in [0.25, 0.3) is 5.91 Å². The number of hydrogen-bond acceptors (Lipinski definition) is 7. The predicted octanol–water partition coefficient (Wildman–Crippen LogP) is 2.53. The summed E-state index contributed by atoms with van der Waals surface area (Å²) in [5.74, 6) is 1.45. The summed E-state index contributed by atoms with van der Waals surface area (Å²) in [4.78, 5) is 12.3. The van der Waals surface area contributed by atoms with E-state index in [1.807, 2.05) is 30.3 Å². The standard InChI is InChI=1S/C19H20N4O4/c1-11(24)19-22-21-17(26-19)9-12-7-14(8-12)20-18(25)15-10-16(27-23-15)13-5-3-2-4-6-13/h2-6,10-12,14,24H,7-9H2,1H3,(H,20,25)/t11-,12-,14-/m1/s1. The molecule has 4 rings (SSSR count). The van der Waals surface area contributed by atoms with Crippen LogP contribution in [0.3, 0.4) is 0 Å². The average Bonchev–Trinajstić information content (AvgIpc) is 3.30. The van der Waals surface area contributed by atoms with Crippen LogP contribution in [-0.2, 0) is 6.42 Å². The molecule has 8 nitrogen and oxygen atoms in total. The summed E-state index contributed by atoms with van der Waals surface area (Å²) in [7, 11) is 0. The van der Waals surface area contributed by atoms with Gasteiger partial charge in [0.1, 0.15) is 6.10 Å². The molecule has 1 aliphatic carbocycles. The SMILES string of the molecule is C[C@@H](O)c1nnc(C[C@H]2C[C@H](NC(=O)c3cc(-c4ccccc4)on3)C2)o1. The molecule has 1 aliphatic rings. The van der Waals surface area contributed by atoms with Gasteiger partial charge in [-0.05, 0) is 25.7 Å². The number of carbonyl (C=O) groups excluding carboxylic acids is 1. The van der Waals surface area contributed by atoms with E-state index in [0.717, 1.165) is 18.4 Å². The van der Waals surface area contributed by atoms with Gasteiger partial charge in [-0.15, -0.1) is 10.2 Å². The maximum absolute atomic E-state index is 12.3. The highest BCUT2D eigenvalue weighted by Crippen LogP contribution is 2.31. The average molecular weight is 368 g/mol. The van der Waals surface area contributed by atoms with Crippen molar-refractivity contribution in [1.29, 1.82) is 0 Å². The van der Waals surface area contributed by atoms with Gasteiger partial charge in [-0.2, -0.15) is 0 Å². The van der Waals surface area contributed by atoms with Crippen molar-refractivity contribution < 1.29 is 18.8 Å². The van der Waals surface area contributed by atoms with Crippen LogP contribution >= 0.6 is 0 Å². The van der Waals surface area contributed by atoms with Crippen molar-refractivity contribution in [3.8, 4) is 11.3 Å². The Morgan fingerprint density at radius 1 is 1.30 bits per heavy atom. The third-order valence-corrected chi connectivity index (χ3v) is 4.68. The Morgan fingerprint density at radius 2 is 2.07 bits per heavy atom. The van der Waals surface area contributed by atoms with Crippen molar-refractivity contribution in [3.63, 3.8) is 0 Å². The second-order valence-corrected chi connectivity index (χ2v) is 6.86. The summed E-state index contributed by atoms with van der Waals surface area (Å²) in [5.41, 5.74) is 1.15. The summed E-state index contributed by atoms with van der Waals surface area (Å²) in [5, 5.41) is 24.0. The lowest BCUT2D eigenvalue weighted by atomic mass is 9.78. The first-order valence-electron chi connectivity index (χ1n) is 8.92. The van der Waals surface area contributed by atoms with Crippen LogP contribution in [0.4, 0.5) is 0 Å². The van der Waals surface area contributed by atoms with Crippen molar-refractivity contribution in [1.82, 2.24) is 20.7 Å². The zero-order valence-corrected chi connectivity index (χ0v) is 14.8. The number of aliphatic hydroxyl groups excluding tert-OH is 1. The van der Waals surface area contributed by atoms with Crippen LogP contribution in [0.2, 0.25) is 0 Å². The summed E-state index contributed by atoms with van der Waals surface area (Å²) < 4.78 is 10.7. The van der Waals surface area contributed by atoms with Crippen LogP contribution < -0.4 is 5.32 Å². The largest absolute Gasteiger partial charge is 0.422 e. The second-order valence-electron chi connectivity index (χ2n) is 6.86. The lowest BCUT2D eigenvalue weighted by Gasteiger charge is -2.34. The minimum atomic E-state index is -0.761. The van der Waals surface area contributed by atoms with Gasteiger partial charge in [0.05, 0.1) is 0 Å². The molecule has 0 saturated heterocycles. The molecule has 2 aromatic heterocycles. The van der Waals surface area contributed by atoms with Crippen LogP contribution in [0.1, 0.15) is 48.1 Å². The number of carbonyl (C=O) groups is 1. The van der Waals surface area contributed by atoms with Crippen molar-refractivity contribution in [2.75, 3.05) is 0 Å². The molecule has 8 heteroatoms. The Labute approximate surface area is 155 Å². The highest BCUT2D eigenvalue weighted by molar-refractivity contribution is 5.93. The van der Waals surface area contributed by atoms with E-state index in [4.69, 9.17) is 8.94 Å². The maximum Gasteiger partial charge on any atom is 0.273 e. The van der Waals surface area contributed by atoms with E-state index < -0.39 is 6.10 Å². The molecule has 1 amide bonds. The summed E-state index contributed by atoms with van der Waals surface area (Å²) >= 11 is 0. The quantitative estimate of drug-likeness (QED) is 0.687. The van der Waals surface area contributed by atoms with Gasteiger partial charge >= 0.3 is 0 Å². The highest BCUT2D eigenvalue weighted by Gasteiger charge is 2.32. The number of nitrogens with zero attached hydrogens (tertiary/aromatic N) is 3. The molecule has 2 heterocycles. The lowest BCUT2D eigenvalue weighted by Crippen LogP contribution is -2.45. The van der Waals surface area contributed by atoms with Crippen molar-refractivity contribution in [2.24, 2.45) is 5.92 Å². The molecular formula is C19H20N4O4. The second kappa shape index (κ2) is 7.32. The van der Waals surface area contributed by atoms with E-state index >= 15 is 0 Å². The normalized spacial score (nSPS) is 20.1. The zero-order valence-electron chi connectivity index (χ0n) is 14.8. The van der Waals surface area contributed by atoms with Crippen LogP contribution in [0, 0.1) is 5.92 Å². The van der Waals surface area contributed by atoms with Crippen LogP contribution in [-0.4, -0.2) is 32.4 Å². The number of aromatic nitrogens is 3. The lowest BCUT2D eigenvalue weighted by molar-refractivity contribution is 0.0877. The predicted molar refractivity (Wildman–Crippen MR) is 94.6 cm³/mol. The van der Waals surface area contributed by atoms with Crippen LogP contribution in [0.5, 0.6) is 0 Å². The van der Waals surface area contributed by atoms with Crippen molar-refractivity contribution in [3.05, 3.63) is 53.9 Å². The molecule has 0 unspecified atom stereocenters. The molecule has 1 fully saturated rings. The molecule has 0 bridgehead atoms. The molecule has 140 valence electrons. The van der Waals surface area contributed by atoms with Crippen molar-refractivity contribution >= 4 is 5.91 Å². The van der Waals surface area contributed by atoms with E-state index in [9.17, 15) is 9.90 Å². The Bertz CT molecular complexity index is 913. The minimum Gasteiger partial charge on any atom is -0.422 e. The molecule has 1 atom stereocenters. The van der Waals surface area contributed by atoms with E-state index in [-0.39, 0.29) is 23.5 Å². The van der Waals surface area contributed by atoms with E-state index in [2.05, 4.69) is 20.7 Å². The first-order chi connectivity index (χ1) is 13.1. The van der Waals surface area contributed by atoms with E-state index in [1.165, 1.54) is 0 Å². The number of nitrogens with one attached hydrogen (secondary N) is 1. The first-order valence-corrected chi connectivity index (χ1v) is 8.92. The number of amides is 1. The summed E-state index contributed by atoms with van der Waals surface area (Å²) in [6.07, 6.45) is 1.56. The van der Waals surface area contributed by atoms with Gasteiger partial charge in [-0.25, -0.2) is 0 Å². The zero-order chi connectivity index (χ0) is 18.8. The molecule has 3 aromatic rings. The molecule has 0 radical (unpaired) electrons. The van der Waals surface area contributed by atoms with Crippen LogP contribution in [0.25, 0.3) is 11.3 Å². The fourth-order valence-corrected chi connectivity index (χ4v) is 3.17. The van der Waals surface area contributed by atoms with Crippen molar-refractivity contribution in [2.45, 2.75) is 38.3 Å². The Morgan fingerprint density at radius 3 is 2.78 bits per heavy atom. The first kappa shape index (κ1) is 17.4. The summed E-state index contributed by atoms with van der Waals surface area (Å²) in [6.45, 7) is 1.58. The topological polar surface area (TPSA) is 114 Å². The Kier molecular flexibility index (Phi) is 4.72. The highest BCUT2D eigenvalue weighted by atomic mass is 16.5. The Hall–Kier alpha value is -3.00. The number of hydrogen-bond donors (Lipinski definition) is 2. The maximum atomic E-state index is 12.3. The fourth-order valence-electron chi connectivity index (χ4n) is 3.17. The molecule has 2 N–H and O–H groups in total. The molecule has 27 heavy (non-hydrogen) atoms. The van der Waals surface area contributed by atoms with Gasteiger partial charge < -0.3 is 19.4 Å². The van der Waals surface area contributed by atoms with Gasteiger partial charge in [-0.3, -0.25) is 4.79 Å². The van der Waals surface area contributed by atoms with Crippen LogP contribution in [0.15, 0.2) is 45.3 Å². The molecule has 0 aliphatic heterocycles. The van der Waals surface area contributed by atoms with Gasteiger partial charge in [-0.1, -0.05) is 35.5 Å². The fraction of sp³-hybridized carbons (Fsp3) is 0.368. The van der Waals surface area contributed by atoms with E-state index in [1.54, 1.807) is 13.0 Å². The number of aliphatic hydroxyl groups is 1. The minimum absolute atomic E-state index is 0.0959. The number of benzene rings is 1. The monoisotopic (exact) mass is 368 g/mol. The van der Waals surface area contributed by atoms with Gasteiger partial charge in [0.15, 0.2) is 11.5 Å². The van der Waals surface area contributed by atoms with E-state index in [0.29, 0.717) is 24.0 Å². The Balaban J connectivity index is 1.27. The molecule has 0 spiro atoms. The molecule has 1 aromatic carbocycles. The third-order valence-electron chi connectivity index (χ3n) is 4.68. The smallest absolute Gasteiger partial charge is 0.273 e.